The number of aromatic nitrogens is 2. The summed E-state index contributed by atoms with van der Waals surface area (Å²) in [5, 5.41) is 6.76. The smallest absolute Gasteiger partial charge is 0.387 e. The molecule has 0 saturated carbocycles. The zero-order valence-electron chi connectivity index (χ0n) is 13.0. The Bertz CT molecular complexity index is 701. The van der Waals surface area contributed by atoms with Crippen LogP contribution in [0.2, 0.25) is 0 Å². The molecule has 0 radical (unpaired) electrons. The van der Waals surface area contributed by atoms with Gasteiger partial charge in [-0.15, -0.1) is 0 Å². The molecule has 1 aromatic heterocycles. The van der Waals surface area contributed by atoms with Crippen molar-refractivity contribution >= 4 is 11.6 Å². The number of alkyl halides is 2. The van der Waals surface area contributed by atoms with Crippen molar-refractivity contribution in [3.05, 3.63) is 35.7 Å². The quantitative estimate of drug-likeness (QED) is 0.887. The molecule has 23 heavy (non-hydrogen) atoms. The molecule has 0 saturated heterocycles. The predicted octanol–water partition coefficient (Wildman–Crippen LogP) is 2.98. The number of hydrogen-bond acceptors (Lipinski definition) is 4. The monoisotopic (exact) mass is 325 g/mol. The number of hydrogen-bond donors (Lipinski definition) is 1. The lowest BCUT2D eigenvalue weighted by Gasteiger charge is -2.13. The highest BCUT2D eigenvalue weighted by molar-refractivity contribution is 6.03. The van der Waals surface area contributed by atoms with Gasteiger partial charge in [-0.1, -0.05) is 0 Å². The maximum Gasteiger partial charge on any atom is 0.387 e. The van der Waals surface area contributed by atoms with E-state index in [1.807, 2.05) is 0 Å². The third kappa shape index (κ3) is 4.18. The Morgan fingerprint density at radius 1 is 1.35 bits per heavy atom. The molecule has 0 atom stereocenters. The van der Waals surface area contributed by atoms with Gasteiger partial charge in [0.25, 0.3) is 5.91 Å². The van der Waals surface area contributed by atoms with E-state index < -0.39 is 6.61 Å². The van der Waals surface area contributed by atoms with Crippen molar-refractivity contribution < 1.29 is 23.0 Å². The number of benzene rings is 1. The van der Waals surface area contributed by atoms with Crippen molar-refractivity contribution in [3.63, 3.8) is 0 Å². The normalized spacial score (nSPS) is 10.7. The first-order valence-corrected chi connectivity index (χ1v) is 6.94. The SMILES string of the molecule is CCOc1cc(NC(=O)c2cc(C)nn2C)ccc1OC(F)F. The summed E-state index contributed by atoms with van der Waals surface area (Å²) in [6.45, 7) is 0.820. The molecule has 124 valence electrons. The van der Waals surface area contributed by atoms with E-state index in [1.54, 1.807) is 27.0 Å². The second kappa shape index (κ2) is 7.08. The number of halogens is 2. The fourth-order valence-corrected chi connectivity index (χ4v) is 2.07. The van der Waals surface area contributed by atoms with Crippen LogP contribution in [0.15, 0.2) is 24.3 Å². The lowest BCUT2D eigenvalue weighted by atomic mass is 10.2. The van der Waals surface area contributed by atoms with Crippen LogP contribution in [0.25, 0.3) is 0 Å². The first kappa shape index (κ1) is 16.7. The standard InChI is InChI=1S/C15H17F2N3O3/c1-4-22-13-8-10(5-6-12(13)23-15(16)17)18-14(21)11-7-9(2)19-20(11)3/h5-8,15H,4H2,1-3H3,(H,18,21). The summed E-state index contributed by atoms with van der Waals surface area (Å²) < 4.78 is 35.8. The first-order chi connectivity index (χ1) is 10.9. The largest absolute Gasteiger partial charge is 0.490 e. The number of rotatable bonds is 6. The highest BCUT2D eigenvalue weighted by Gasteiger charge is 2.15. The van der Waals surface area contributed by atoms with Crippen molar-refractivity contribution in [1.29, 1.82) is 0 Å². The van der Waals surface area contributed by atoms with Gasteiger partial charge in [0.05, 0.1) is 12.3 Å². The maximum absolute atomic E-state index is 12.4. The van der Waals surface area contributed by atoms with Crippen molar-refractivity contribution in [1.82, 2.24) is 9.78 Å². The fraction of sp³-hybridized carbons (Fsp3) is 0.333. The molecule has 0 spiro atoms. The van der Waals surface area contributed by atoms with Gasteiger partial charge in [0.15, 0.2) is 11.5 Å². The Morgan fingerprint density at radius 2 is 2.09 bits per heavy atom. The lowest BCUT2D eigenvalue weighted by molar-refractivity contribution is -0.0514. The van der Waals surface area contributed by atoms with Crippen LogP contribution in [-0.2, 0) is 7.05 Å². The second-order valence-electron chi connectivity index (χ2n) is 4.72. The Balaban J connectivity index is 2.21. The molecular formula is C15H17F2N3O3. The number of nitrogens with zero attached hydrogens (tertiary/aromatic N) is 2. The molecule has 0 aliphatic rings. The lowest BCUT2D eigenvalue weighted by Crippen LogP contribution is -2.16. The molecule has 6 nitrogen and oxygen atoms in total. The summed E-state index contributed by atoms with van der Waals surface area (Å²) in [7, 11) is 1.66. The molecule has 2 rings (SSSR count). The van der Waals surface area contributed by atoms with E-state index in [2.05, 4.69) is 15.2 Å². The van der Waals surface area contributed by atoms with Crippen molar-refractivity contribution in [2.45, 2.75) is 20.5 Å². The van der Waals surface area contributed by atoms with Crippen LogP contribution in [0.1, 0.15) is 23.1 Å². The van der Waals surface area contributed by atoms with E-state index in [1.165, 1.54) is 22.9 Å². The van der Waals surface area contributed by atoms with Gasteiger partial charge in [-0.3, -0.25) is 9.48 Å². The maximum atomic E-state index is 12.4. The van der Waals surface area contributed by atoms with E-state index in [9.17, 15) is 13.6 Å². The van der Waals surface area contributed by atoms with Crippen molar-refractivity contribution in [2.24, 2.45) is 7.05 Å². The Kier molecular flexibility index (Phi) is 5.15. The fourth-order valence-electron chi connectivity index (χ4n) is 2.07. The van der Waals surface area contributed by atoms with E-state index in [4.69, 9.17) is 4.74 Å². The summed E-state index contributed by atoms with van der Waals surface area (Å²) in [6, 6.07) is 5.86. The number of amides is 1. The van der Waals surface area contributed by atoms with Gasteiger partial charge in [-0.05, 0) is 32.0 Å². The Labute approximate surface area is 132 Å². The Hall–Kier alpha value is -2.64. The molecule has 0 bridgehead atoms. The number of carbonyl (C=O) groups is 1. The van der Waals surface area contributed by atoms with E-state index in [0.29, 0.717) is 17.1 Å². The third-order valence-corrected chi connectivity index (χ3v) is 2.95. The molecule has 1 N–H and O–H groups in total. The van der Waals surface area contributed by atoms with E-state index in [0.717, 1.165) is 0 Å². The minimum Gasteiger partial charge on any atom is -0.490 e. The molecule has 1 heterocycles. The highest BCUT2D eigenvalue weighted by Crippen LogP contribution is 2.32. The molecule has 1 aromatic carbocycles. The number of carbonyl (C=O) groups excluding carboxylic acids is 1. The van der Waals surface area contributed by atoms with Gasteiger partial charge in [0.2, 0.25) is 0 Å². The van der Waals surface area contributed by atoms with Gasteiger partial charge in [0.1, 0.15) is 5.69 Å². The number of anilines is 1. The van der Waals surface area contributed by atoms with E-state index in [-0.39, 0.29) is 24.0 Å². The topological polar surface area (TPSA) is 65.4 Å². The summed E-state index contributed by atoms with van der Waals surface area (Å²) in [5.74, 6) is -0.318. The summed E-state index contributed by atoms with van der Waals surface area (Å²) in [6.07, 6.45) is 0. The molecule has 0 aliphatic heterocycles. The average Bonchev–Trinajstić information content (AvgIpc) is 2.80. The predicted molar refractivity (Wildman–Crippen MR) is 80.1 cm³/mol. The minimum absolute atomic E-state index is 0.0868. The third-order valence-electron chi connectivity index (χ3n) is 2.95. The van der Waals surface area contributed by atoms with Gasteiger partial charge < -0.3 is 14.8 Å². The number of ether oxygens (including phenoxy) is 2. The highest BCUT2D eigenvalue weighted by atomic mass is 19.3. The van der Waals surface area contributed by atoms with Crippen molar-refractivity contribution in [3.8, 4) is 11.5 Å². The molecule has 8 heteroatoms. The number of nitrogens with one attached hydrogen (secondary N) is 1. The molecule has 0 fully saturated rings. The van der Waals surface area contributed by atoms with E-state index >= 15 is 0 Å². The van der Waals surface area contributed by atoms with Crippen LogP contribution in [-0.4, -0.2) is 28.9 Å². The van der Waals surface area contributed by atoms with Crippen LogP contribution < -0.4 is 14.8 Å². The van der Waals surface area contributed by atoms with Crippen molar-refractivity contribution in [2.75, 3.05) is 11.9 Å². The van der Waals surface area contributed by atoms with Crippen LogP contribution in [0.3, 0.4) is 0 Å². The molecule has 1 amide bonds. The second-order valence-corrected chi connectivity index (χ2v) is 4.72. The zero-order valence-corrected chi connectivity index (χ0v) is 13.0. The van der Waals surface area contributed by atoms with Crippen LogP contribution >= 0.6 is 0 Å². The summed E-state index contributed by atoms with van der Waals surface area (Å²) in [4.78, 5) is 12.2. The molecule has 0 aliphatic carbocycles. The zero-order chi connectivity index (χ0) is 17.0. The molecule has 2 aromatic rings. The van der Waals surface area contributed by atoms with Gasteiger partial charge >= 0.3 is 6.61 Å². The van der Waals surface area contributed by atoms with Gasteiger partial charge in [-0.2, -0.15) is 13.9 Å². The molecular weight excluding hydrogens is 308 g/mol. The van der Waals surface area contributed by atoms with Crippen LogP contribution in [0, 0.1) is 6.92 Å². The van der Waals surface area contributed by atoms with Gasteiger partial charge in [-0.25, -0.2) is 0 Å². The average molecular weight is 325 g/mol. The van der Waals surface area contributed by atoms with Crippen LogP contribution in [0.4, 0.5) is 14.5 Å². The summed E-state index contributed by atoms with van der Waals surface area (Å²) >= 11 is 0. The van der Waals surface area contributed by atoms with Crippen LogP contribution in [0.5, 0.6) is 11.5 Å². The Morgan fingerprint density at radius 3 is 2.65 bits per heavy atom. The molecule has 0 unspecified atom stereocenters. The summed E-state index contributed by atoms with van der Waals surface area (Å²) in [5.41, 5.74) is 1.50. The minimum atomic E-state index is -2.95. The number of aryl methyl sites for hydroxylation is 2. The first-order valence-electron chi connectivity index (χ1n) is 6.94. The van der Waals surface area contributed by atoms with Gasteiger partial charge in [0, 0.05) is 18.8 Å².